The first-order valence-corrected chi connectivity index (χ1v) is 9.75. The number of nitro benzene ring substituents is 1. The first-order chi connectivity index (χ1) is 11.6. The number of hydrogen-bond donors (Lipinski definition) is 1. The lowest BCUT2D eigenvalue weighted by Crippen LogP contribution is -1.87. The van der Waals surface area contributed by atoms with Crippen LogP contribution in [-0.2, 0) is 0 Å². The molecule has 0 saturated carbocycles. The number of nitrogens with one attached hydrogen (secondary N) is 1. The van der Waals surface area contributed by atoms with E-state index in [9.17, 15) is 10.1 Å². The number of benzene rings is 2. The average Bonchev–Trinajstić information content (AvgIpc) is 3.15. The first-order valence-electron chi connectivity index (χ1n) is 6.89. The molecule has 6 nitrogen and oxygen atoms in total. The van der Waals surface area contributed by atoms with Crippen LogP contribution < -0.4 is 5.32 Å². The second kappa shape index (κ2) is 6.00. The number of aromatic nitrogens is 2. The van der Waals surface area contributed by atoms with Crippen LogP contribution in [-0.4, -0.2) is 21.1 Å². The molecule has 0 aliphatic heterocycles. The number of non-ortho nitro benzene ring substituents is 1. The Labute approximate surface area is 148 Å². The predicted octanol–water partition coefficient (Wildman–Crippen LogP) is 5.28. The molecular formula is C15H10N4O2S3. The summed E-state index contributed by atoms with van der Waals surface area (Å²) < 4.78 is 1.89. The molecule has 0 aliphatic carbocycles. The Morgan fingerprint density at radius 1 is 1.04 bits per heavy atom. The summed E-state index contributed by atoms with van der Waals surface area (Å²) in [4.78, 5) is 20.7. The molecule has 0 radical (unpaired) electrons. The zero-order chi connectivity index (χ0) is 16.7. The van der Waals surface area contributed by atoms with Crippen molar-refractivity contribution in [2.75, 3.05) is 11.6 Å². The van der Waals surface area contributed by atoms with E-state index in [0.717, 1.165) is 25.6 Å². The van der Waals surface area contributed by atoms with Gasteiger partial charge in [0.25, 0.3) is 5.69 Å². The molecule has 0 amide bonds. The monoisotopic (exact) mass is 374 g/mol. The Morgan fingerprint density at radius 2 is 1.67 bits per heavy atom. The van der Waals surface area contributed by atoms with Gasteiger partial charge in [-0.15, -0.1) is 11.8 Å². The number of anilines is 2. The van der Waals surface area contributed by atoms with E-state index < -0.39 is 4.92 Å². The number of thioether (sulfide) groups is 1. The molecule has 4 rings (SSSR count). The van der Waals surface area contributed by atoms with Crippen LogP contribution in [0.4, 0.5) is 16.0 Å². The predicted molar refractivity (Wildman–Crippen MR) is 101 cm³/mol. The van der Waals surface area contributed by atoms with Crippen molar-refractivity contribution in [1.82, 2.24) is 9.97 Å². The van der Waals surface area contributed by atoms with Crippen molar-refractivity contribution in [2.24, 2.45) is 0 Å². The Hall–Kier alpha value is -2.23. The van der Waals surface area contributed by atoms with Crippen LogP contribution in [0.5, 0.6) is 0 Å². The third kappa shape index (κ3) is 2.81. The largest absolute Gasteiger partial charge is 0.307 e. The minimum absolute atomic E-state index is 0.0716. The highest BCUT2D eigenvalue weighted by atomic mass is 32.2. The van der Waals surface area contributed by atoms with Gasteiger partial charge < -0.3 is 5.32 Å². The van der Waals surface area contributed by atoms with Crippen LogP contribution in [0.2, 0.25) is 0 Å². The number of rotatable bonds is 4. The molecule has 4 aromatic rings. The standard InChI is InChI=1S/C15H10N4O2S3/c1-22-9-3-5-11-13(7-9)24-15(17-11)18-14-16-10-4-2-8(19(20)21)6-12(10)23-14/h2-7H,1H3,(H,16,17,18). The van der Waals surface area contributed by atoms with Gasteiger partial charge in [0.2, 0.25) is 0 Å². The van der Waals surface area contributed by atoms with E-state index in [-0.39, 0.29) is 5.69 Å². The van der Waals surface area contributed by atoms with Crippen molar-refractivity contribution < 1.29 is 4.92 Å². The fourth-order valence-corrected chi connectivity index (χ4v) is 4.64. The second-order valence-corrected chi connectivity index (χ2v) is 7.85. The maximum absolute atomic E-state index is 10.9. The van der Waals surface area contributed by atoms with Gasteiger partial charge in [0.05, 0.1) is 25.4 Å². The number of nitro groups is 1. The zero-order valence-electron chi connectivity index (χ0n) is 12.3. The Morgan fingerprint density at radius 3 is 2.29 bits per heavy atom. The summed E-state index contributed by atoms with van der Waals surface area (Å²) in [5, 5.41) is 15.5. The molecule has 0 saturated heterocycles. The smallest absolute Gasteiger partial charge is 0.270 e. The van der Waals surface area contributed by atoms with Gasteiger partial charge in [-0.05, 0) is 30.5 Å². The van der Waals surface area contributed by atoms with E-state index in [0.29, 0.717) is 5.13 Å². The molecule has 24 heavy (non-hydrogen) atoms. The Bertz CT molecular complexity index is 1070. The third-order valence-corrected chi connectivity index (χ3v) is 5.98. The summed E-state index contributed by atoms with van der Waals surface area (Å²) in [5.41, 5.74) is 1.75. The molecule has 2 heterocycles. The maximum Gasteiger partial charge on any atom is 0.270 e. The zero-order valence-corrected chi connectivity index (χ0v) is 14.8. The highest BCUT2D eigenvalue weighted by Crippen LogP contribution is 2.34. The molecule has 0 bridgehead atoms. The summed E-state index contributed by atoms with van der Waals surface area (Å²) in [5.74, 6) is 0. The fourth-order valence-electron chi connectivity index (χ4n) is 2.26. The molecule has 0 unspecified atom stereocenters. The van der Waals surface area contributed by atoms with Gasteiger partial charge in [0.15, 0.2) is 10.3 Å². The highest BCUT2D eigenvalue weighted by molar-refractivity contribution is 7.98. The van der Waals surface area contributed by atoms with Gasteiger partial charge in [-0.2, -0.15) is 0 Å². The highest BCUT2D eigenvalue weighted by Gasteiger charge is 2.12. The Balaban J connectivity index is 1.67. The van der Waals surface area contributed by atoms with Crippen molar-refractivity contribution in [3.8, 4) is 0 Å². The lowest BCUT2D eigenvalue weighted by atomic mass is 10.3. The molecule has 1 N–H and O–H groups in total. The third-order valence-electron chi connectivity index (χ3n) is 3.39. The molecule has 9 heteroatoms. The maximum atomic E-state index is 10.9. The topological polar surface area (TPSA) is 81.0 Å². The van der Waals surface area contributed by atoms with Gasteiger partial charge in [-0.3, -0.25) is 10.1 Å². The summed E-state index contributed by atoms with van der Waals surface area (Å²) in [6.07, 6.45) is 2.04. The van der Waals surface area contributed by atoms with Gasteiger partial charge in [-0.1, -0.05) is 22.7 Å². The van der Waals surface area contributed by atoms with E-state index in [1.54, 1.807) is 35.2 Å². The molecule has 0 atom stereocenters. The van der Waals surface area contributed by atoms with Gasteiger partial charge in [0, 0.05) is 17.0 Å². The second-order valence-electron chi connectivity index (χ2n) is 4.91. The lowest BCUT2D eigenvalue weighted by molar-refractivity contribution is -0.384. The Kier molecular flexibility index (Phi) is 3.83. The van der Waals surface area contributed by atoms with E-state index in [2.05, 4.69) is 21.4 Å². The van der Waals surface area contributed by atoms with Crippen LogP contribution >= 0.6 is 34.4 Å². The molecule has 0 fully saturated rings. The van der Waals surface area contributed by atoms with Crippen LogP contribution in [0, 0.1) is 10.1 Å². The lowest BCUT2D eigenvalue weighted by Gasteiger charge is -1.93. The minimum Gasteiger partial charge on any atom is -0.307 e. The van der Waals surface area contributed by atoms with E-state index in [1.165, 1.54) is 22.3 Å². The van der Waals surface area contributed by atoms with Crippen LogP contribution in [0.25, 0.3) is 20.4 Å². The molecule has 2 aromatic carbocycles. The first kappa shape index (κ1) is 15.3. The van der Waals surface area contributed by atoms with Crippen molar-refractivity contribution in [3.63, 3.8) is 0 Å². The summed E-state index contributed by atoms with van der Waals surface area (Å²) >= 11 is 4.64. The van der Waals surface area contributed by atoms with Gasteiger partial charge in [0.1, 0.15) is 0 Å². The number of nitrogens with zero attached hydrogens (tertiary/aromatic N) is 3. The van der Waals surface area contributed by atoms with Crippen LogP contribution in [0.1, 0.15) is 0 Å². The SMILES string of the molecule is CSc1ccc2nc(Nc3nc4ccc([N+](=O)[O-])cc4s3)sc2c1. The van der Waals surface area contributed by atoms with Crippen molar-refractivity contribution in [1.29, 1.82) is 0 Å². The van der Waals surface area contributed by atoms with Gasteiger partial charge >= 0.3 is 0 Å². The fraction of sp³-hybridized carbons (Fsp3) is 0.0667. The average molecular weight is 374 g/mol. The van der Waals surface area contributed by atoms with E-state index >= 15 is 0 Å². The van der Waals surface area contributed by atoms with Gasteiger partial charge in [-0.25, -0.2) is 9.97 Å². The molecule has 0 spiro atoms. The van der Waals surface area contributed by atoms with Crippen LogP contribution in [0.15, 0.2) is 41.3 Å². The van der Waals surface area contributed by atoms with Crippen LogP contribution in [0.3, 0.4) is 0 Å². The molecule has 0 aliphatic rings. The van der Waals surface area contributed by atoms with E-state index in [4.69, 9.17) is 0 Å². The number of thiazole rings is 2. The van der Waals surface area contributed by atoms with E-state index in [1.807, 2.05) is 18.4 Å². The molecule has 2 aromatic heterocycles. The van der Waals surface area contributed by atoms with Crippen molar-refractivity contribution in [3.05, 3.63) is 46.5 Å². The number of hydrogen-bond acceptors (Lipinski definition) is 8. The van der Waals surface area contributed by atoms with Crippen molar-refractivity contribution >= 4 is 70.8 Å². The number of fused-ring (bicyclic) bond motifs is 2. The normalized spacial score (nSPS) is 11.2. The summed E-state index contributed by atoms with van der Waals surface area (Å²) in [6.45, 7) is 0. The van der Waals surface area contributed by atoms with Crippen molar-refractivity contribution in [2.45, 2.75) is 4.90 Å². The molecule has 120 valence electrons. The quantitative estimate of drug-likeness (QED) is 0.297. The summed E-state index contributed by atoms with van der Waals surface area (Å²) in [6, 6.07) is 10.8. The summed E-state index contributed by atoms with van der Waals surface area (Å²) in [7, 11) is 0. The minimum atomic E-state index is -0.400. The molecular weight excluding hydrogens is 364 g/mol.